The molecule has 5 rings (SSSR count). The van der Waals surface area contributed by atoms with Crippen LogP contribution in [0.15, 0.2) is 36.5 Å². The van der Waals surface area contributed by atoms with Crippen LogP contribution in [-0.2, 0) is 0 Å². The van der Waals surface area contributed by atoms with E-state index in [4.69, 9.17) is 26.3 Å². The number of aromatic nitrogens is 3. The minimum Gasteiger partial charge on any atom is -0.494 e. The first-order valence-corrected chi connectivity index (χ1v) is 13.0. The summed E-state index contributed by atoms with van der Waals surface area (Å²) in [5.41, 5.74) is 15.9. The summed E-state index contributed by atoms with van der Waals surface area (Å²) in [6.45, 7) is 2.63. The quantitative estimate of drug-likeness (QED) is 0.420. The molecular weight excluding hydrogens is 424 g/mol. The zero-order chi connectivity index (χ0) is 23.5. The van der Waals surface area contributed by atoms with Crippen LogP contribution < -0.4 is 21.5 Å². The predicted octanol–water partition coefficient (Wildman–Crippen LogP) is 5.64. The van der Waals surface area contributed by atoms with Crippen LogP contribution in [-0.4, -0.2) is 27.2 Å². The Kier molecular flexibility index (Phi) is 6.90. The minimum absolute atomic E-state index is 0.444. The fraction of sp³-hybridized carbons (Fsp3) is 0.556. The Morgan fingerprint density at radius 3 is 2.35 bits per heavy atom. The monoisotopic (exact) mass is 462 g/mol. The molecule has 2 aliphatic rings. The fourth-order valence-electron chi connectivity index (χ4n) is 5.81. The summed E-state index contributed by atoms with van der Waals surface area (Å²) in [5.74, 6) is 3.81. The number of fused-ring (bicyclic) bond motifs is 1. The van der Waals surface area contributed by atoms with Gasteiger partial charge in [-0.15, -0.1) is 5.10 Å². The number of ether oxygens (including phenoxy) is 1. The van der Waals surface area contributed by atoms with Crippen molar-refractivity contribution in [2.45, 2.75) is 76.7 Å². The number of imidazole rings is 1. The number of nitrogens with one attached hydrogen (secondary N) is 1. The van der Waals surface area contributed by atoms with Gasteiger partial charge in [0.25, 0.3) is 0 Å². The largest absolute Gasteiger partial charge is 0.494 e. The Labute approximate surface area is 202 Å². The van der Waals surface area contributed by atoms with Crippen molar-refractivity contribution in [1.29, 1.82) is 0 Å². The van der Waals surface area contributed by atoms with Gasteiger partial charge in [-0.3, -0.25) is 0 Å². The lowest BCUT2D eigenvalue weighted by molar-refractivity contribution is 0.224. The molecule has 0 bridgehead atoms. The molecule has 0 aliphatic heterocycles. The Hall–Kier alpha value is -2.80. The number of anilines is 3. The summed E-state index contributed by atoms with van der Waals surface area (Å²) in [5, 5.41) is 8.06. The number of nitrogen functional groups attached to an aromatic ring is 1. The van der Waals surface area contributed by atoms with Gasteiger partial charge in [0.15, 0.2) is 11.5 Å². The van der Waals surface area contributed by atoms with E-state index >= 15 is 0 Å². The molecule has 0 unspecified atom stereocenters. The molecule has 0 radical (unpaired) electrons. The molecule has 2 heterocycles. The van der Waals surface area contributed by atoms with Crippen LogP contribution in [0, 0.1) is 11.8 Å². The molecule has 0 spiro atoms. The first kappa shape index (κ1) is 23.0. The van der Waals surface area contributed by atoms with Gasteiger partial charge in [-0.05, 0) is 101 Å². The van der Waals surface area contributed by atoms with E-state index in [2.05, 4.69) is 11.5 Å². The van der Waals surface area contributed by atoms with Gasteiger partial charge >= 0.3 is 0 Å². The highest BCUT2D eigenvalue weighted by Gasteiger charge is 2.28. The molecule has 182 valence electrons. The lowest BCUT2D eigenvalue weighted by Crippen LogP contribution is -2.27. The molecule has 1 aromatic carbocycles. The van der Waals surface area contributed by atoms with Crippen molar-refractivity contribution in [2.24, 2.45) is 17.6 Å². The molecule has 0 amide bonds. The summed E-state index contributed by atoms with van der Waals surface area (Å²) >= 11 is 0. The summed E-state index contributed by atoms with van der Waals surface area (Å²) < 4.78 is 7.35. The Balaban J connectivity index is 1.21. The van der Waals surface area contributed by atoms with Crippen molar-refractivity contribution in [3.05, 3.63) is 42.2 Å². The fourth-order valence-corrected chi connectivity index (χ4v) is 5.81. The summed E-state index contributed by atoms with van der Waals surface area (Å²) in [6.07, 6.45) is 13.6. The zero-order valence-corrected chi connectivity index (χ0v) is 20.2. The molecule has 0 atom stereocenters. The van der Waals surface area contributed by atoms with Gasteiger partial charge in [-0.25, -0.2) is 9.50 Å². The number of nitrogens with zero attached hydrogens (tertiary/aromatic N) is 3. The van der Waals surface area contributed by atoms with Gasteiger partial charge in [0, 0.05) is 23.7 Å². The van der Waals surface area contributed by atoms with Crippen molar-refractivity contribution in [3.63, 3.8) is 0 Å². The maximum absolute atomic E-state index is 6.36. The van der Waals surface area contributed by atoms with Crippen molar-refractivity contribution in [2.75, 3.05) is 17.7 Å². The second kappa shape index (κ2) is 10.2. The van der Waals surface area contributed by atoms with Gasteiger partial charge < -0.3 is 21.5 Å². The number of hydrogen-bond acceptors (Lipinski definition) is 6. The van der Waals surface area contributed by atoms with E-state index in [0.717, 1.165) is 34.6 Å². The summed E-state index contributed by atoms with van der Waals surface area (Å²) in [7, 11) is 0. The molecule has 2 aliphatic carbocycles. The highest BCUT2D eigenvalue weighted by Crippen LogP contribution is 2.40. The third-order valence-corrected chi connectivity index (χ3v) is 7.73. The van der Waals surface area contributed by atoms with Gasteiger partial charge in [-0.2, -0.15) is 0 Å². The Bertz CT molecular complexity index is 1080. The first-order valence-electron chi connectivity index (χ1n) is 13.0. The molecule has 2 aromatic heterocycles. The van der Waals surface area contributed by atoms with Gasteiger partial charge in [-0.1, -0.05) is 0 Å². The molecule has 34 heavy (non-hydrogen) atoms. The van der Waals surface area contributed by atoms with Gasteiger partial charge in [0.1, 0.15) is 5.75 Å². The van der Waals surface area contributed by atoms with E-state index in [0.29, 0.717) is 30.1 Å². The smallest absolute Gasteiger partial charge is 0.177 e. The van der Waals surface area contributed by atoms with Gasteiger partial charge in [0.05, 0.1) is 24.2 Å². The molecule has 7 heteroatoms. The molecule has 0 saturated heterocycles. The SMILES string of the molecule is CCOc1ccc(Nc2cc(N)c3nc(C4CCC(CC5CCC(N)CC5)CC4)cn3n2)cc1. The lowest BCUT2D eigenvalue weighted by atomic mass is 9.74. The third kappa shape index (κ3) is 5.30. The average Bonchev–Trinajstić information content (AvgIpc) is 3.27. The second-order valence-electron chi connectivity index (χ2n) is 10.2. The van der Waals surface area contributed by atoms with E-state index in [9.17, 15) is 0 Å². The van der Waals surface area contributed by atoms with Crippen molar-refractivity contribution in [3.8, 4) is 5.75 Å². The van der Waals surface area contributed by atoms with Crippen LogP contribution in [0.5, 0.6) is 5.75 Å². The normalized spacial score (nSPS) is 25.4. The van der Waals surface area contributed by atoms with Crippen molar-refractivity contribution >= 4 is 22.8 Å². The summed E-state index contributed by atoms with van der Waals surface area (Å²) in [6, 6.07) is 10.2. The summed E-state index contributed by atoms with van der Waals surface area (Å²) in [4.78, 5) is 4.88. The maximum atomic E-state index is 6.36. The van der Waals surface area contributed by atoms with Crippen molar-refractivity contribution < 1.29 is 4.74 Å². The van der Waals surface area contributed by atoms with E-state index < -0.39 is 0 Å². The number of benzene rings is 1. The molecule has 2 saturated carbocycles. The van der Waals surface area contributed by atoms with Crippen molar-refractivity contribution in [1.82, 2.24) is 14.6 Å². The van der Waals surface area contributed by atoms with Crippen LogP contribution in [0.25, 0.3) is 5.65 Å². The highest BCUT2D eigenvalue weighted by molar-refractivity contribution is 5.70. The molecular formula is C27H38N6O. The van der Waals surface area contributed by atoms with Crippen LogP contribution in [0.3, 0.4) is 0 Å². The van der Waals surface area contributed by atoms with Crippen LogP contribution >= 0.6 is 0 Å². The van der Waals surface area contributed by atoms with E-state index in [1.165, 1.54) is 57.8 Å². The second-order valence-corrected chi connectivity index (χ2v) is 10.2. The Morgan fingerprint density at radius 1 is 1.00 bits per heavy atom. The van der Waals surface area contributed by atoms with E-state index in [1.807, 2.05) is 41.8 Å². The molecule has 3 aromatic rings. The number of nitrogens with two attached hydrogens (primary N) is 2. The third-order valence-electron chi connectivity index (χ3n) is 7.73. The van der Waals surface area contributed by atoms with Crippen LogP contribution in [0.1, 0.15) is 76.3 Å². The molecule has 2 fully saturated rings. The number of hydrogen-bond donors (Lipinski definition) is 3. The van der Waals surface area contributed by atoms with E-state index in [-0.39, 0.29) is 0 Å². The molecule has 7 nitrogen and oxygen atoms in total. The van der Waals surface area contributed by atoms with E-state index in [1.54, 1.807) is 0 Å². The maximum Gasteiger partial charge on any atom is 0.177 e. The lowest BCUT2D eigenvalue weighted by Gasteiger charge is -2.33. The average molecular weight is 463 g/mol. The highest BCUT2D eigenvalue weighted by atomic mass is 16.5. The minimum atomic E-state index is 0.444. The number of rotatable bonds is 7. The topological polar surface area (TPSA) is 103 Å². The first-order chi connectivity index (χ1) is 16.6. The molecule has 5 N–H and O–H groups in total. The standard InChI is InChI=1S/C27H38N6O/c1-2-34-23-13-11-22(12-14-23)30-26-16-24(29)27-31-25(17-33(27)32-26)20-7-3-18(4-8-20)15-19-5-9-21(28)10-6-19/h11-14,16-21H,2-10,15,28-29H2,1H3,(H,30,32). The Morgan fingerprint density at radius 2 is 1.68 bits per heavy atom. The predicted molar refractivity (Wildman–Crippen MR) is 138 cm³/mol. The van der Waals surface area contributed by atoms with Gasteiger partial charge in [0.2, 0.25) is 0 Å². The van der Waals surface area contributed by atoms with Crippen LogP contribution in [0.4, 0.5) is 17.2 Å². The zero-order valence-electron chi connectivity index (χ0n) is 20.2. The van der Waals surface area contributed by atoms with Crippen LogP contribution in [0.2, 0.25) is 0 Å².